The maximum absolute atomic E-state index is 13.0. The van der Waals surface area contributed by atoms with Crippen molar-refractivity contribution in [3.05, 3.63) is 29.3 Å². The summed E-state index contributed by atoms with van der Waals surface area (Å²) in [6, 6.07) is 4.78. The molecule has 6 nitrogen and oxygen atoms in total. The second kappa shape index (κ2) is 8.78. The summed E-state index contributed by atoms with van der Waals surface area (Å²) in [6.45, 7) is 5.35. The van der Waals surface area contributed by atoms with E-state index in [1.54, 1.807) is 23.5 Å². The number of carbonyl (C=O) groups is 1. The van der Waals surface area contributed by atoms with Gasteiger partial charge in [0.15, 0.2) is 0 Å². The van der Waals surface area contributed by atoms with Crippen LogP contribution in [0, 0.1) is 6.92 Å². The summed E-state index contributed by atoms with van der Waals surface area (Å²) in [5, 5.41) is 2.81. The summed E-state index contributed by atoms with van der Waals surface area (Å²) in [6.07, 6.45) is 3.51. The van der Waals surface area contributed by atoms with Crippen molar-refractivity contribution in [3.63, 3.8) is 0 Å². The van der Waals surface area contributed by atoms with Crippen molar-refractivity contribution in [1.29, 1.82) is 0 Å². The Kier molecular flexibility index (Phi) is 6.98. The van der Waals surface area contributed by atoms with Crippen LogP contribution in [0.2, 0.25) is 0 Å². The van der Waals surface area contributed by atoms with Crippen LogP contribution < -0.4 is 5.32 Å². The normalized spacial score (nSPS) is 18.9. The Balaban J connectivity index is 2.21. The van der Waals surface area contributed by atoms with Crippen LogP contribution in [0.25, 0.3) is 0 Å². The highest BCUT2D eigenvalue weighted by atomic mass is 32.2. The van der Waals surface area contributed by atoms with Crippen LogP contribution >= 0.6 is 0 Å². The molecule has 1 aliphatic heterocycles. The van der Waals surface area contributed by atoms with E-state index in [0.29, 0.717) is 31.7 Å². The largest absolute Gasteiger partial charge is 0.385 e. The van der Waals surface area contributed by atoms with Gasteiger partial charge in [-0.15, -0.1) is 0 Å². The Morgan fingerprint density at radius 2 is 2.12 bits per heavy atom. The highest BCUT2D eigenvalue weighted by molar-refractivity contribution is 7.89. The van der Waals surface area contributed by atoms with Crippen LogP contribution in [0.15, 0.2) is 23.1 Å². The molecule has 0 spiro atoms. The Labute approximate surface area is 150 Å². The fourth-order valence-corrected chi connectivity index (χ4v) is 4.81. The number of hydrogen-bond acceptors (Lipinski definition) is 4. The SMILES string of the molecule is COCCCNC(=O)c1cc(S(=O)(=O)N2CCCCC2C)ccc1C. The highest BCUT2D eigenvalue weighted by Crippen LogP contribution is 2.26. The van der Waals surface area contributed by atoms with E-state index in [1.807, 2.05) is 13.8 Å². The maximum Gasteiger partial charge on any atom is 0.251 e. The number of sulfonamides is 1. The lowest BCUT2D eigenvalue weighted by atomic mass is 10.1. The summed E-state index contributed by atoms with van der Waals surface area (Å²) in [4.78, 5) is 12.6. The van der Waals surface area contributed by atoms with E-state index in [4.69, 9.17) is 4.74 Å². The molecule has 0 aromatic heterocycles. The first-order valence-electron chi connectivity index (χ1n) is 8.77. The Morgan fingerprint density at radius 1 is 1.36 bits per heavy atom. The number of nitrogens with one attached hydrogen (secondary N) is 1. The first-order valence-corrected chi connectivity index (χ1v) is 10.2. The monoisotopic (exact) mass is 368 g/mol. The van der Waals surface area contributed by atoms with Crippen molar-refractivity contribution in [2.45, 2.75) is 50.5 Å². The highest BCUT2D eigenvalue weighted by Gasteiger charge is 2.31. The quantitative estimate of drug-likeness (QED) is 0.750. The maximum atomic E-state index is 13.0. The number of rotatable bonds is 7. The van der Waals surface area contributed by atoms with E-state index in [2.05, 4.69) is 5.32 Å². The van der Waals surface area contributed by atoms with Crippen LogP contribution in [0.3, 0.4) is 0 Å². The number of carbonyl (C=O) groups excluding carboxylic acids is 1. The van der Waals surface area contributed by atoms with E-state index in [9.17, 15) is 13.2 Å². The molecule has 25 heavy (non-hydrogen) atoms. The van der Waals surface area contributed by atoms with E-state index in [-0.39, 0.29) is 16.8 Å². The first kappa shape index (κ1) is 19.9. The topological polar surface area (TPSA) is 75.7 Å². The molecule has 2 rings (SSSR count). The molecule has 1 aromatic carbocycles. The van der Waals surface area contributed by atoms with E-state index < -0.39 is 10.0 Å². The van der Waals surface area contributed by atoms with Crippen LogP contribution in [-0.2, 0) is 14.8 Å². The minimum absolute atomic E-state index is 0.00799. The molecule has 1 aliphatic rings. The van der Waals surface area contributed by atoms with E-state index in [1.165, 1.54) is 6.07 Å². The fourth-order valence-electron chi connectivity index (χ4n) is 3.08. The van der Waals surface area contributed by atoms with Crippen molar-refractivity contribution >= 4 is 15.9 Å². The predicted molar refractivity (Wildman–Crippen MR) is 97.2 cm³/mol. The number of hydrogen-bond donors (Lipinski definition) is 1. The number of benzene rings is 1. The Morgan fingerprint density at radius 3 is 2.80 bits per heavy atom. The zero-order chi connectivity index (χ0) is 18.4. The first-order chi connectivity index (χ1) is 11.9. The summed E-state index contributed by atoms with van der Waals surface area (Å²) < 4.78 is 32.4. The number of ether oxygens (including phenoxy) is 1. The van der Waals surface area contributed by atoms with Gasteiger partial charge in [0, 0.05) is 38.4 Å². The minimum Gasteiger partial charge on any atom is -0.385 e. The van der Waals surface area contributed by atoms with E-state index >= 15 is 0 Å². The molecule has 0 bridgehead atoms. The zero-order valence-corrected chi connectivity index (χ0v) is 16.1. The lowest BCUT2D eigenvalue weighted by Crippen LogP contribution is -2.42. The van der Waals surface area contributed by atoms with Crippen molar-refractivity contribution in [1.82, 2.24) is 9.62 Å². The minimum atomic E-state index is -3.58. The molecule has 0 saturated carbocycles. The van der Waals surface area contributed by atoms with Crippen molar-refractivity contribution in [2.24, 2.45) is 0 Å². The lowest BCUT2D eigenvalue weighted by Gasteiger charge is -2.32. The molecular weight excluding hydrogens is 340 g/mol. The fraction of sp³-hybridized carbons (Fsp3) is 0.611. The molecule has 140 valence electrons. The van der Waals surface area contributed by atoms with Gasteiger partial charge in [0.1, 0.15) is 0 Å². The summed E-state index contributed by atoms with van der Waals surface area (Å²) >= 11 is 0. The zero-order valence-electron chi connectivity index (χ0n) is 15.2. The van der Waals surface area contributed by atoms with Gasteiger partial charge in [-0.25, -0.2) is 8.42 Å². The van der Waals surface area contributed by atoms with Crippen molar-refractivity contribution < 1.29 is 17.9 Å². The standard InChI is InChI=1S/C18H28N2O4S/c1-14-8-9-16(13-17(14)18(21)19-10-6-12-24-3)25(22,23)20-11-5-4-7-15(20)2/h8-9,13,15H,4-7,10-12H2,1-3H3,(H,19,21). The van der Waals surface area contributed by atoms with Crippen LogP contribution in [-0.4, -0.2) is 51.5 Å². The van der Waals surface area contributed by atoms with Crippen LogP contribution in [0.1, 0.15) is 48.5 Å². The third-order valence-corrected chi connectivity index (χ3v) is 6.62. The smallest absolute Gasteiger partial charge is 0.251 e. The molecular formula is C18H28N2O4S. The van der Waals surface area contributed by atoms with Gasteiger partial charge in [0.05, 0.1) is 4.90 Å². The van der Waals surface area contributed by atoms with Crippen LogP contribution in [0.5, 0.6) is 0 Å². The molecule has 1 atom stereocenters. The third kappa shape index (κ3) is 4.80. The van der Waals surface area contributed by atoms with E-state index in [0.717, 1.165) is 24.8 Å². The van der Waals surface area contributed by atoms with Gasteiger partial charge in [0.2, 0.25) is 10.0 Å². The molecule has 1 unspecified atom stereocenters. The van der Waals surface area contributed by atoms with Crippen molar-refractivity contribution in [2.75, 3.05) is 26.8 Å². The Hall–Kier alpha value is -1.44. The van der Waals surface area contributed by atoms with Gasteiger partial charge in [-0.3, -0.25) is 4.79 Å². The summed E-state index contributed by atoms with van der Waals surface area (Å²) in [7, 11) is -1.97. The molecule has 7 heteroatoms. The number of amides is 1. The molecule has 1 fully saturated rings. The van der Waals surface area contributed by atoms with Gasteiger partial charge in [0.25, 0.3) is 5.91 Å². The third-order valence-electron chi connectivity index (χ3n) is 4.61. The molecule has 1 aromatic rings. The molecule has 1 amide bonds. The number of nitrogens with zero attached hydrogens (tertiary/aromatic N) is 1. The van der Waals surface area contributed by atoms with Crippen molar-refractivity contribution in [3.8, 4) is 0 Å². The summed E-state index contributed by atoms with van der Waals surface area (Å²) in [5.41, 5.74) is 1.16. The Bertz CT molecular complexity index is 703. The average molecular weight is 368 g/mol. The van der Waals surface area contributed by atoms with Gasteiger partial charge >= 0.3 is 0 Å². The second-order valence-electron chi connectivity index (χ2n) is 6.54. The average Bonchev–Trinajstić information content (AvgIpc) is 2.59. The lowest BCUT2D eigenvalue weighted by molar-refractivity contribution is 0.0948. The van der Waals surface area contributed by atoms with Gasteiger partial charge < -0.3 is 10.1 Å². The molecule has 0 aliphatic carbocycles. The summed E-state index contributed by atoms with van der Waals surface area (Å²) in [5.74, 6) is -0.252. The number of aryl methyl sites for hydroxylation is 1. The van der Waals surface area contributed by atoms with Gasteiger partial charge in [-0.2, -0.15) is 4.31 Å². The number of methoxy groups -OCH3 is 1. The molecule has 1 saturated heterocycles. The second-order valence-corrected chi connectivity index (χ2v) is 8.43. The van der Waals surface area contributed by atoms with Gasteiger partial charge in [-0.05, 0) is 50.8 Å². The van der Waals surface area contributed by atoms with Crippen LogP contribution in [0.4, 0.5) is 0 Å². The molecule has 1 N–H and O–H groups in total. The molecule has 1 heterocycles. The number of piperidine rings is 1. The predicted octanol–water partition coefficient (Wildman–Crippen LogP) is 2.32. The molecule has 0 radical (unpaired) electrons. The van der Waals surface area contributed by atoms with Gasteiger partial charge in [-0.1, -0.05) is 12.5 Å².